The summed E-state index contributed by atoms with van der Waals surface area (Å²) in [6.07, 6.45) is 0. The third-order valence-electron chi connectivity index (χ3n) is 5.49. The van der Waals surface area contributed by atoms with Crippen molar-refractivity contribution >= 4 is 22.8 Å². The van der Waals surface area contributed by atoms with Crippen LogP contribution in [-0.2, 0) is 13.1 Å². The number of benzene rings is 2. The van der Waals surface area contributed by atoms with Crippen LogP contribution >= 0.6 is 0 Å². The molecule has 0 aliphatic carbocycles. The van der Waals surface area contributed by atoms with Crippen molar-refractivity contribution in [2.75, 3.05) is 26.2 Å². The van der Waals surface area contributed by atoms with Crippen LogP contribution in [0.3, 0.4) is 0 Å². The van der Waals surface area contributed by atoms with Gasteiger partial charge in [0.25, 0.3) is 11.8 Å². The number of carbonyl (C=O) groups is 2. The van der Waals surface area contributed by atoms with Crippen LogP contribution in [0.15, 0.2) is 48.5 Å². The molecular formula is C22H21N5O2. The Morgan fingerprint density at radius 1 is 0.759 bits per heavy atom. The van der Waals surface area contributed by atoms with Crippen molar-refractivity contribution in [1.82, 2.24) is 25.1 Å². The summed E-state index contributed by atoms with van der Waals surface area (Å²) < 4.78 is 0. The minimum absolute atomic E-state index is 0.131. The lowest BCUT2D eigenvalue weighted by molar-refractivity contribution is 0.0639. The van der Waals surface area contributed by atoms with Crippen LogP contribution in [0.4, 0.5) is 0 Å². The Bertz CT molecular complexity index is 1070. The van der Waals surface area contributed by atoms with E-state index in [1.165, 1.54) is 4.90 Å². The Labute approximate surface area is 168 Å². The molecule has 29 heavy (non-hydrogen) atoms. The zero-order valence-corrected chi connectivity index (χ0v) is 16.0. The van der Waals surface area contributed by atoms with Gasteiger partial charge in [-0.3, -0.25) is 19.4 Å². The second kappa shape index (κ2) is 7.35. The van der Waals surface area contributed by atoms with E-state index in [1.807, 2.05) is 24.3 Å². The molecule has 0 saturated carbocycles. The highest BCUT2D eigenvalue weighted by Crippen LogP contribution is 2.25. The standard InChI is InChI=1S/C22H21N5O2/c28-21-15-5-1-2-6-16(15)22(29)27(21)14-20-19(13-26-11-9-23-10-12-26)24-17-7-3-4-8-18(17)25-20/h1-8,23H,9-14H2. The average molecular weight is 387 g/mol. The molecule has 3 heterocycles. The largest absolute Gasteiger partial charge is 0.314 e. The molecule has 0 bridgehead atoms. The normalized spacial score (nSPS) is 17.2. The molecule has 1 N–H and O–H groups in total. The van der Waals surface area contributed by atoms with Gasteiger partial charge >= 0.3 is 0 Å². The van der Waals surface area contributed by atoms with E-state index in [1.54, 1.807) is 24.3 Å². The number of imide groups is 1. The van der Waals surface area contributed by atoms with Crippen molar-refractivity contribution < 1.29 is 9.59 Å². The number of hydrogen-bond donors (Lipinski definition) is 1. The smallest absolute Gasteiger partial charge is 0.261 e. The van der Waals surface area contributed by atoms with E-state index in [0.717, 1.165) is 42.9 Å². The summed E-state index contributed by atoms with van der Waals surface area (Å²) >= 11 is 0. The van der Waals surface area contributed by atoms with Gasteiger partial charge in [0.2, 0.25) is 0 Å². The number of para-hydroxylation sites is 2. The third-order valence-corrected chi connectivity index (χ3v) is 5.49. The van der Waals surface area contributed by atoms with Gasteiger partial charge in [0.1, 0.15) is 0 Å². The maximum absolute atomic E-state index is 12.8. The summed E-state index contributed by atoms with van der Waals surface area (Å²) in [6.45, 7) is 4.52. The van der Waals surface area contributed by atoms with Crippen LogP contribution in [0, 0.1) is 0 Å². The number of hydrogen-bond acceptors (Lipinski definition) is 6. The highest BCUT2D eigenvalue weighted by Gasteiger charge is 2.36. The SMILES string of the molecule is O=C1c2ccccc2C(=O)N1Cc1nc2ccccc2nc1CN1CCNCC1. The molecule has 146 valence electrons. The van der Waals surface area contributed by atoms with Crippen LogP contribution in [0.1, 0.15) is 32.1 Å². The number of nitrogens with one attached hydrogen (secondary N) is 1. The molecule has 1 saturated heterocycles. The van der Waals surface area contributed by atoms with E-state index in [4.69, 9.17) is 9.97 Å². The molecule has 2 aromatic carbocycles. The Kier molecular flexibility index (Phi) is 4.54. The lowest BCUT2D eigenvalue weighted by Crippen LogP contribution is -2.43. The molecule has 0 atom stereocenters. The van der Waals surface area contributed by atoms with Crippen molar-refractivity contribution in [3.8, 4) is 0 Å². The Hall–Kier alpha value is -3.16. The quantitative estimate of drug-likeness (QED) is 0.688. The van der Waals surface area contributed by atoms with E-state index >= 15 is 0 Å². The van der Waals surface area contributed by atoms with Crippen LogP contribution in [0.25, 0.3) is 11.0 Å². The minimum Gasteiger partial charge on any atom is -0.314 e. The first kappa shape index (κ1) is 17.9. The van der Waals surface area contributed by atoms with Gasteiger partial charge in [0.15, 0.2) is 0 Å². The monoisotopic (exact) mass is 387 g/mol. The lowest BCUT2D eigenvalue weighted by Gasteiger charge is -2.27. The molecule has 2 aliphatic heterocycles. The second-order valence-electron chi connectivity index (χ2n) is 7.37. The molecule has 3 aromatic rings. The fraction of sp³-hybridized carbons (Fsp3) is 0.273. The second-order valence-corrected chi connectivity index (χ2v) is 7.37. The summed E-state index contributed by atoms with van der Waals surface area (Å²) in [7, 11) is 0. The third kappa shape index (κ3) is 3.28. The summed E-state index contributed by atoms with van der Waals surface area (Å²) in [5, 5.41) is 3.35. The van der Waals surface area contributed by atoms with Crippen molar-refractivity contribution in [1.29, 1.82) is 0 Å². The fourth-order valence-corrected chi connectivity index (χ4v) is 3.94. The molecule has 7 nitrogen and oxygen atoms in total. The number of carbonyl (C=O) groups excluding carboxylic acids is 2. The van der Waals surface area contributed by atoms with Crippen molar-refractivity contribution in [3.63, 3.8) is 0 Å². The summed E-state index contributed by atoms with van der Waals surface area (Å²) in [5.41, 5.74) is 4.00. The Morgan fingerprint density at radius 3 is 1.86 bits per heavy atom. The van der Waals surface area contributed by atoms with E-state index in [9.17, 15) is 9.59 Å². The van der Waals surface area contributed by atoms with Crippen molar-refractivity contribution in [2.45, 2.75) is 13.1 Å². The van der Waals surface area contributed by atoms with Crippen LogP contribution in [-0.4, -0.2) is 57.8 Å². The van der Waals surface area contributed by atoms with E-state index in [2.05, 4.69) is 10.2 Å². The molecule has 0 unspecified atom stereocenters. The fourth-order valence-electron chi connectivity index (χ4n) is 3.94. The van der Waals surface area contributed by atoms with Crippen LogP contribution in [0.5, 0.6) is 0 Å². The zero-order chi connectivity index (χ0) is 19.8. The molecule has 2 aliphatic rings. The van der Waals surface area contributed by atoms with Gasteiger partial charge in [-0.1, -0.05) is 24.3 Å². The minimum atomic E-state index is -0.270. The maximum atomic E-state index is 12.8. The van der Waals surface area contributed by atoms with Gasteiger partial charge in [-0.15, -0.1) is 0 Å². The molecule has 2 amide bonds. The van der Waals surface area contributed by atoms with Gasteiger partial charge < -0.3 is 5.32 Å². The zero-order valence-electron chi connectivity index (χ0n) is 16.0. The molecular weight excluding hydrogens is 366 g/mol. The van der Waals surface area contributed by atoms with E-state index < -0.39 is 0 Å². The van der Waals surface area contributed by atoms with Crippen LogP contribution < -0.4 is 5.32 Å². The lowest BCUT2D eigenvalue weighted by atomic mass is 10.1. The first-order chi connectivity index (χ1) is 14.2. The van der Waals surface area contributed by atoms with Gasteiger partial charge in [0.05, 0.1) is 40.1 Å². The molecule has 5 rings (SSSR count). The topological polar surface area (TPSA) is 78.4 Å². The van der Waals surface area contributed by atoms with Gasteiger partial charge in [-0.2, -0.15) is 0 Å². The summed E-state index contributed by atoms with van der Waals surface area (Å²) in [4.78, 5) is 38.9. The van der Waals surface area contributed by atoms with Gasteiger partial charge in [0, 0.05) is 32.7 Å². The molecule has 0 spiro atoms. The van der Waals surface area contributed by atoms with Crippen LogP contribution in [0.2, 0.25) is 0 Å². The van der Waals surface area contributed by atoms with Gasteiger partial charge in [-0.25, -0.2) is 9.97 Å². The number of aromatic nitrogens is 2. The molecule has 1 aromatic heterocycles. The average Bonchev–Trinajstić information content (AvgIpc) is 3.00. The molecule has 7 heteroatoms. The van der Waals surface area contributed by atoms with Crippen molar-refractivity contribution in [2.24, 2.45) is 0 Å². The number of nitrogens with zero attached hydrogens (tertiary/aromatic N) is 4. The van der Waals surface area contributed by atoms with Gasteiger partial charge in [-0.05, 0) is 24.3 Å². The number of fused-ring (bicyclic) bond motifs is 2. The Morgan fingerprint density at radius 2 is 1.28 bits per heavy atom. The maximum Gasteiger partial charge on any atom is 0.261 e. The molecule has 0 radical (unpaired) electrons. The predicted octanol–water partition coefficient (Wildman–Crippen LogP) is 1.83. The molecule has 1 fully saturated rings. The van der Waals surface area contributed by atoms with E-state index in [-0.39, 0.29) is 18.4 Å². The first-order valence-corrected chi connectivity index (χ1v) is 9.83. The first-order valence-electron chi connectivity index (χ1n) is 9.83. The van der Waals surface area contributed by atoms with Crippen molar-refractivity contribution in [3.05, 3.63) is 71.0 Å². The summed E-state index contributed by atoms with van der Waals surface area (Å²) in [5.74, 6) is -0.539. The number of rotatable bonds is 4. The summed E-state index contributed by atoms with van der Waals surface area (Å²) in [6, 6.07) is 14.7. The Balaban J connectivity index is 1.51. The number of amides is 2. The highest BCUT2D eigenvalue weighted by atomic mass is 16.2. The predicted molar refractivity (Wildman–Crippen MR) is 108 cm³/mol. The van der Waals surface area contributed by atoms with E-state index in [0.29, 0.717) is 23.4 Å². The highest BCUT2D eigenvalue weighted by molar-refractivity contribution is 6.21. The number of piperazine rings is 1.